The Morgan fingerprint density at radius 1 is 1.53 bits per heavy atom. The third kappa shape index (κ3) is 2.68. The molecular formula is C11H13ClFNO. The second-order valence-corrected chi connectivity index (χ2v) is 4.24. The van der Waals surface area contributed by atoms with Crippen molar-refractivity contribution < 1.29 is 9.50 Å². The highest BCUT2D eigenvalue weighted by atomic mass is 35.5. The second kappa shape index (κ2) is 4.47. The molecule has 0 aromatic heterocycles. The molecule has 15 heavy (non-hydrogen) atoms. The summed E-state index contributed by atoms with van der Waals surface area (Å²) in [5.74, 6) is -0.451. The summed E-state index contributed by atoms with van der Waals surface area (Å²) < 4.78 is 13.4. The lowest BCUT2D eigenvalue weighted by atomic mass is 10.1. The van der Waals surface area contributed by atoms with Crippen LogP contribution in [0.2, 0.25) is 5.02 Å². The van der Waals surface area contributed by atoms with E-state index in [-0.39, 0.29) is 10.6 Å². The van der Waals surface area contributed by atoms with Crippen molar-refractivity contribution in [3.63, 3.8) is 0 Å². The first-order valence-corrected chi connectivity index (χ1v) is 5.41. The Labute approximate surface area is 93.1 Å². The molecule has 1 fully saturated rings. The summed E-state index contributed by atoms with van der Waals surface area (Å²) >= 11 is 5.83. The van der Waals surface area contributed by atoms with Crippen molar-refractivity contribution in [1.29, 1.82) is 0 Å². The van der Waals surface area contributed by atoms with Crippen molar-refractivity contribution >= 4 is 11.6 Å². The largest absolute Gasteiger partial charge is 0.387 e. The molecule has 0 amide bonds. The van der Waals surface area contributed by atoms with Gasteiger partial charge in [-0.1, -0.05) is 17.7 Å². The Morgan fingerprint density at radius 2 is 2.27 bits per heavy atom. The van der Waals surface area contributed by atoms with Crippen molar-refractivity contribution in [3.8, 4) is 0 Å². The summed E-state index contributed by atoms with van der Waals surface area (Å²) in [5.41, 5.74) is 0.187. The van der Waals surface area contributed by atoms with Crippen LogP contribution in [0.3, 0.4) is 0 Å². The zero-order valence-electron chi connectivity index (χ0n) is 8.21. The Hall–Kier alpha value is -0.640. The zero-order valence-corrected chi connectivity index (χ0v) is 8.97. The minimum absolute atomic E-state index is 0.187. The molecule has 2 rings (SSSR count). The maximum Gasteiger partial charge on any atom is 0.130 e. The van der Waals surface area contributed by atoms with E-state index >= 15 is 0 Å². The Kier molecular flexibility index (Phi) is 3.24. The molecule has 0 bridgehead atoms. The predicted octanol–water partition coefficient (Wildman–Crippen LogP) is 2.26. The monoisotopic (exact) mass is 229 g/mol. The minimum atomic E-state index is -0.876. The average Bonchev–Trinajstić information content (AvgIpc) is 2.97. The molecule has 4 heteroatoms. The van der Waals surface area contributed by atoms with Gasteiger partial charge < -0.3 is 10.4 Å². The molecule has 1 atom stereocenters. The lowest BCUT2D eigenvalue weighted by Gasteiger charge is -2.14. The third-order valence-corrected chi connectivity index (χ3v) is 2.84. The summed E-state index contributed by atoms with van der Waals surface area (Å²) in [6, 6.07) is 4.91. The Balaban J connectivity index is 2.05. The first kappa shape index (κ1) is 10.9. The number of rotatable bonds is 4. The molecule has 1 aromatic rings. The molecule has 0 radical (unpaired) electrons. The summed E-state index contributed by atoms with van der Waals surface area (Å²) in [7, 11) is 0. The molecule has 2 nitrogen and oxygen atoms in total. The number of hydrogen-bond acceptors (Lipinski definition) is 2. The van der Waals surface area contributed by atoms with E-state index in [1.54, 1.807) is 6.07 Å². The zero-order chi connectivity index (χ0) is 10.8. The molecule has 1 saturated carbocycles. The molecule has 1 aliphatic carbocycles. The second-order valence-electron chi connectivity index (χ2n) is 3.83. The van der Waals surface area contributed by atoms with Crippen LogP contribution in [0.4, 0.5) is 4.39 Å². The number of nitrogens with one attached hydrogen (secondary N) is 1. The molecule has 0 saturated heterocycles. The number of halogens is 2. The maximum atomic E-state index is 13.4. The smallest absolute Gasteiger partial charge is 0.130 e. The van der Waals surface area contributed by atoms with E-state index in [1.165, 1.54) is 12.1 Å². The molecular weight excluding hydrogens is 217 g/mol. The normalized spacial score (nSPS) is 17.8. The van der Waals surface area contributed by atoms with Gasteiger partial charge in [-0.05, 0) is 25.0 Å². The van der Waals surface area contributed by atoms with Gasteiger partial charge in [0.2, 0.25) is 0 Å². The number of aliphatic hydroxyl groups excluding tert-OH is 1. The molecule has 82 valence electrons. The summed E-state index contributed by atoms with van der Waals surface area (Å²) in [5, 5.41) is 13.2. The first-order valence-electron chi connectivity index (χ1n) is 5.04. The minimum Gasteiger partial charge on any atom is -0.387 e. The van der Waals surface area contributed by atoms with Gasteiger partial charge in [0.15, 0.2) is 0 Å². The standard InChI is InChI=1S/C11H13ClFNO/c12-8-2-1-3-9(13)11(8)10(15)6-14-7-4-5-7/h1-3,7,10,14-15H,4-6H2. The van der Waals surface area contributed by atoms with Gasteiger partial charge >= 0.3 is 0 Å². The van der Waals surface area contributed by atoms with Crippen molar-refractivity contribution in [2.75, 3.05) is 6.54 Å². The molecule has 1 aliphatic rings. The van der Waals surface area contributed by atoms with E-state index in [9.17, 15) is 9.50 Å². The highest BCUT2D eigenvalue weighted by Crippen LogP contribution is 2.26. The van der Waals surface area contributed by atoms with Crippen LogP contribution in [0.25, 0.3) is 0 Å². The fourth-order valence-corrected chi connectivity index (χ4v) is 1.79. The predicted molar refractivity (Wildman–Crippen MR) is 57.4 cm³/mol. The fourth-order valence-electron chi connectivity index (χ4n) is 1.50. The van der Waals surface area contributed by atoms with Gasteiger partial charge in [-0.15, -0.1) is 0 Å². The van der Waals surface area contributed by atoms with Gasteiger partial charge in [0.25, 0.3) is 0 Å². The first-order chi connectivity index (χ1) is 7.18. The Bertz CT molecular complexity index is 334. The fraction of sp³-hybridized carbons (Fsp3) is 0.455. The lowest BCUT2D eigenvalue weighted by Crippen LogP contribution is -2.24. The third-order valence-electron chi connectivity index (χ3n) is 2.51. The van der Waals surface area contributed by atoms with E-state index < -0.39 is 11.9 Å². The number of aliphatic hydroxyl groups is 1. The van der Waals surface area contributed by atoms with E-state index in [0.29, 0.717) is 12.6 Å². The molecule has 0 heterocycles. The van der Waals surface area contributed by atoms with Gasteiger partial charge in [0.1, 0.15) is 5.82 Å². The summed E-state index contributed by atoms with van der Waals surface area (Å²) in [4.78, 5) is 0. The van der Waals surface area contributed by atoms with Crippen LogP contribution < -0.4 is 5.32 Å². The summed E-state index contributed by atoms with van der Waals surface area (Å²) in [6.07, 6.45) is 1.40. The van der Waals surface area contributed by atoms with Crippen LogP contribution in [0.5, 0.6) is 0 Å². The molecule has 0 spiro atoms. The van der Waals surface area contributed by atoms with Crippen molar-refractivity contribution in [2.24, 2.45) is 0 Å². The van der Waals surface area contributed by atoms with Crippen LogP contribution in [-0.4, -0.2) is 17.7 Å². The average molecular weight is 230 g/mol. The highest BCUT2D eigenvalue weighted by Gasteiger charge is 2.23. The quantitative estimate of drug-likeness (QED) is 0.830. The van der Waals surface area contributed by atoms with Crippen LogP contribution in [0.1, 0.15) is 24.5 Å². The van der Waals surface area contributed by atoms with Gasteiger partial charge in [-0.2, -0.15) is 0 Å². The van der Waals surface area contributed by atoms with Crippen LogP contribution in [0.15, 0.2) is 18.2 Å². The number of benzene rings is 1. The van der Waals surface area contributed by atoms with Gasteiger partial charge in [0, 0.05) is 23.2 Å². The van der Waals surface area contributed by atoms with Crippen LogP contribution >= 0.6 is 11.6 Å². The van der Waals surface area contributed by atoms with E-state index in [0.717, 1.165) is 12.8 Å². The molecule has 1 unspecified atom stereocenters. The Morgan fingerprint density at radius 3 is 2.87 bits per heavy atom. The van der Waals surface area contributed by atoms with E-state index in [1.807, 2.05) is 0 Å². The lowest BCUT2D eigenvalue weighted by molar-refractivity contribution is 0.169. The molecule has 0 aliphatic heterocycles. The molecule has 2 N–H and O–H groups in total. The maximum absolute atomic E-state index is 13.4. The van der Waals surface area contributed by atoms with E-state index in [4.69, 9.17) is 11.6 Å². The van der Waals surface area contributed by atoms with Crippen molar-refractivity contribution in [2.45, 2.75) is 25.0 Å². The summed E-state index contributed by atoms with van der Waals surface area (Å²) in [6.45, 7) is 0.353. The number of hydrogen-bond donors (Lipinski definition) is 2. The van der Waals surface area contributed by atoms with Crippen LogP contribution in [-0.2, 0) is 0 Å². The van der Waals surface area contributed by atoms with Gasteiger partial charge in [-0.3, -0.25) is 0 Å². The van der Waals surface area contributed by atoms with Crippen molar-refractivity contribution in [3.05, 3.63) is 34.6 Å². The van der Waals surface area contributed by atoms with Crippen molar-refractivity contribution in [1.82, 2.24) is 5.32 Å². The van der Waals surface area contributed by atoms with Gasteiger partial charge in [-0.25, -0.2) is 4.39 Å². The van der Waals surface area contributed by atoms with Crippen LogP contribution in [0, 0.1) is 5.82 Å². The van der Waals surface area contributed by atoms with E-state index in [2.05, 4.69) is 5.32 Å². The van der Waals surface area contributed by atoms with Gasteiger partial charge in [0.05, 0.1) is 6.10 Å². The molecule has 1 aromatic carbocycles. The SMILES string of the molecule is OC(CNC1CC1)c1c(F)cccc1Cl. The highest BCUT2D eigenvalue weighted by molar-refractivity contribution is 6.31. The topological polar surface area (TPSA) is 32.3 Å².